The van der Waals surface area contributed by atoms with Gasteiger partial charge in [-0.2, -0.15) is 0 Å². The number of allylic oxidation sites excluding steroid dienone is 1. The van der Waals surface area contributed by atoms with E-state index in [0.717, 1.165) is 53.4 Å². The van der Waals surface area contributed by atoms with Crippen molar-refractivity contribution in [3.63, 3.8) is 0 Å². The first-order valence-corrected chi connectivity index (χ1v) is 12.9. The lowest BCUT2D eigenvalue weighted by molar-refractivity contribution is -0.145. The number of carboxylic acid groups (broad SMARTS) is 1. The number of nitrogens with zero attached hydrogens (tertiary/aromatic N) is 1. The molecule has 1 aromatic heterocycles. The van der Waals surface area contributed by atoms with E-state index in [1.165, 1.54) is 12.0 Å². The highest BCUT2D eigenvalue weighted by Gasteiger charge is 2.31. The van der Waals surface area contributed by atoms with Gasteiger partial charge in [0.05, 0.1) is 31.5 Å². The zero-order valence-electron chi connectivity index (χ0n) is 21.2. The molecular weight excluding hydrogens is 470 g/mol. The largest absolute Gasteiger partial charge is 0.497 e. The summed E-state index contributed by atoms with van der Waals surface area (Å²) in [7, 11) is 1.60. The molecule has 2 aromatic carbocycles. The van der Waals surface area contributed by atoms with Crippen LogP contribution >= 0.6 is 0 Å². The van der Waals surface area contributed by atoms with Gasteiger partial charge in [-0.05, 0) is 73.2 Å². The molecule has 2 heterocycles. The molecule has 0 unspecified atom stereocenters. The second kappa shape index (κ2) is 10.2. The van der Waals surface area contributed by atoms with Gasteiger partial charge in [0, 0.05) is 22.0 Å². The number of hydrogen-bond donors (Lipinski definition) is 1. The minimum absolute atomic E-state index is 0.200. The number of carbonyl (C=O) groups excluding carboxylic acids is 2. The van der Waals surface area contributed by atoms with E-state index in [2.05, 4.69) is 4.57 Å². The summed E-state index contributed by atoms with van der Waals surface area (Å²) in [5, 5.41) is 10.7. The van der Waals surface area contributed by atoms with Gasteiger partial charge in [-0.15, -0.1) is 0 Å². The normalized spacial score (nSPS) is 15.4. The summed E-state index contributed by atoms with van der Waals surface area (Å²) >= 11 is 0. The second-order valence-electron chi connectivity index (χ2n) is 9.75. The van der Waals surface area contributed by atoms with E-state index in [0.29, 0.717) is 17.2 Å². The molecule has 5 rings (SSSR count). The van der Waals surface area contributed by atoms with Crippen molar-refractivity contribution in [3.8, 4) is 17.0 Å². The van der Waals surface area contributed by atoms with Gasteiger partial charge < -0.3 is 19.1 Å². The Morgan fingerprint density at radius 1 is 1.05 bits per heavy atom. The average molecular weight is 502 g/mol. The monoisotopic (exact) mass is 501 g/mol. The Balaban J connectivity index is 1.77. The molecule has 192 valence electrons. The van der Waals surface area contributed by atoms with Crippen molar-refractivity contribution >= 4 is 34.7 Å². The number of ketones is 1. The van der Waals surface area contributed by atoms with Crippen molar-refractivity contribution < 1.29 is 29.0 Å². The third kappa shape index (κ3) is 4.66. The first kappa shape index (κ1) is 24.8. The molecule has 0 saturated heterocycles. The lowest BCUT2D eigenvalue weighted by atomic mass is 9.81. The van der Waals surface area contributed by atoms with E-state index in [1.54, 1.807) is 26.2 Å². The summed E-state index contributed by atoms with van der Waals surface area (Å²) in [6.07, 6.45) is 7.16. The summed E-state index contributed by atoms with van der Waals surface area (Å²) in [4.78, 5) is 37.3. The van der Waals surface area contributed by atoms with Crippen LogP contribution in [0.1, 0.15) is 72.9 Å². The fourth-order valence-electron chi connectivity index (χ4n) is 5.80. The van der Waals surface area contributed by atoms with E-state index in [1.807, 2.05) is 30.3 Å². The Morgan fingerprint density at radius 3 is 2.54 bits per heavy atom. The van der Waals surface area contributed by atoms with Crippen LogP contribution in [0, 0.1) is 0 Å². The van der Waals surface area contributed by atoms with Crippen molar-refractivity contribution in [1.82, 2.24) is 4.57 Å². The van der Waals surface area contributed by atoms with Gasteiger partial charge in [0.25, 0.3) is 0 Å². The van der Waals surface area contributed by atoms with E-state index >= 15 is 0 Å². The van der Waals surface area contributed by atoms with Crippen LogP contribution in [-0.2, 0) is 20.9 Å². The van der Waals surface area contributed by atoms with Gasteiger partial charge in [-0.3, -0.25) is 9.59 Å². The fraction of sp³-hybridized carbons (Fsp3) is 0.367. The summed E-state index contributed by atoms with van der Waals surface area (Å²) in [6, 6.07) is 11.1. The molecule has 0 atom stereocenters. The Labute approximate surface area is 215 Å². The molecule has 1 N–H and O–H groups in total. The number of Topliss-reactive ketones (excluding diaryl/α,β-unsaturated/α-hetero) is 1. The number of aromatic carboxylic acids is 1. The number of rotatable bonds is 7. The highest BCUT2D eigenvalue weighted by atomic mass is 16.5. The first-order valence-electron chi connectivity index (χ1n) is 12.9. The molecular formula is C30H31NO6. The maximum Gasteiger partial charge on any atom is 0.335 e. The molecule has 7 nitrogen and oxygen atoms in total. The predicted molar refractivity (Wildman–Crippen MR) is 141 cm³/mol. The smallest absolute Gasteiger partial charge is 0.335 e. The van der Waals surface area contributed by atoms with Gasteiger partial charge in [0.1, 0.15) is 12.2 Å². The number of methoxy groups -OCH3 is 1. The number of esters is 1. The topological polar surface area (TPSA) is 94.8 Å². The average Bonchev–Trinajstić information content (AvgIpc) is 3.11. The number of hydrogen-bond acceptors (Lipinski definition) is 5. The molecule has 2 aliphatic rings. The van der Waals surface area contributed by atoms with Crippen LogP contribution in [0.5, 0.6) is 5.75 Å². The lowest BCUT2D eigenvalue weighted by Crippen LogP contribution is -2.16. The van der Waals surface area contributed by atoms with Crippen LogP contribution in [0.4, 0.5) is 0 Å². The summed E-state index contributed by atoms with van der Waals surface area (Å²) < 4.78 is 12.6. The fourth-order valence-corrected chi connectivity index (χ4v) is 5.80. The number of benzene rings is 2. The third-order valence-corrected chi connectivity index (χ3v) is 7.50. The molecule has 1 aliphatic carbocycles. The van der Waals surface area contributed by atoms with Gasteiger partial charge in [0.15, 0.2) is 5.78 Å². The Hall–Kier alpha value is -3.87. The van der Waals surface area contributed by atoms with Crippen molar-refractivity contribution in [3.05, 3.63) is 58.7 Å². The van der Waals surface area contributed by atoms with Crippen molar-refractivity contribution in [1.29, 1.82) is 0 Å². The minimum Gasteiger partial charge on any atom is -0.497 e. The van der Waals surface area contributed by atoms with E-state index in [9.17, 15) is 19.5 Å². The molecule has 0 radical (unpaired) electrons. The number of aromatic nitrogens is 1. The predicted octanol–water partition coefficient (Wildman–Crippen LogP) is 5.98. The summed E-state index contributed by atoms with van der Waals surface area (Å²) in [5.41, 5.74) is 5.48. The number of fused-ring (bicyclic) bond motifs is 5. The molecule has 1 aliphatic heterocycles. The van der Waals surface area contributed by atoms with Crippen LogP contribution in [0.25, 0.3) is 28.2 Å². The quantitative estimate of drug-likeness (QED) is 0.316. The van der Waals surface area contributed by atoms with Gasteiger partial charge in [-0.1, -0.05) is 25.3 Å². The SMILES string of the molecule is CCOC(=O)CC(=O)C1=Cc2cc(OC)ccc2-c2c(C3CCCCC3)c3ccc(C(=O)O)cc3n2C1. The molecule has 7 heteroatoms. The molecule has 0 bridgehead atoms. The van der Waals surface area contributed by atoms with Gasteiger partial charge in [-0.25, -0.2) is 4.79 Å². The van der Waals surface area contributed by atoms with Crippen LogP contribution in [0.2, 0.25) is 0 Å². The van der Waals surface area contributed by atoms with E-state index in [-0.39, 0.29) is 30.9 Å². The summed E-state index contributed by atoms with van der Waals surface area (Å²) in [5.74, 6) is -0.851. The third-order valence-electron chi connectivity index (χ3n) is 7.50. The van der Waals surface area contributed by atoms with Gasteiger partial charge in [0.2, 0.25) is 0 Å². The van der Waals surface area contributed by atoms with Crippen LogP contribution in [-0.4, -0.2) is 41.1 Å². The Morgan fingerprint density at radius 2 is 1.84 bits per heavy atom. The molecule has 1 fully saturated rings. The van der Waals surface area contributed by atoms with Crippen LogP contribution in [0.3, 0.4) is 0 Å². The molecule has 37 heavy (non-hydrogen) atoms. The van der Waals surface area contributed by atoms with Crippen molar-refractivity contribution in [2.45, 2.75) is 57.9 Å². The summed E-state index contributed by atoms with van der Waals surface area (Å²) in [6.45, 7) is 2.15. The van der Waals surface area contributed by atoms with Gasteiger partial charge >= 0.3 is 11.9 Å². The Bertz CT molecular complexity index is 1420. The number of carboxylic acids is 1. The zero-order chi connectivity index (χ0) is 26.1. The second-order valence-corrected chi connectivity index (χ2v) is 9.75. The maximum atomic E-state index is 13.3. The number of carbonyl (C=O) groups is 3. The van der Waals surface area contributed by atoms with Crippen LogP contribution in [0.15, 0.2) is 42.0 Å². The molecule has 0 spiro atoms. The highest BCUT2D eigenvalue weighted by molar-refractivity contribution is 6.09. The van der Waals surface area contributed by atoms with E-state index in [4.69, 9.17) is 9.47 Å². The number of ether oxygens (including phenoxy) is 2. The lowest BCUT2D eigenvalue weighted by Gasteiger charge is -2.24. The highest BCUT2D eigenvalue weighted by Crippen LogP contribution is 2.47. The molecule has 3 aromatic rings. The van der Waals surface area contributed by atoms with Crippen LogP contribution < -0.4 is 4.74 Å². The minimum atomic E-state index is -0.996. The maximum absolute atomic E-state index is 13.3. The van der Waals surface area contributed by atoms with E-state index < -0.39 is 11.9 Å². The van der Waals surface area contributed by atoms with Crippen molar-refractivity contribution in [2.24, 2.45) is 0 Å². The first-order chi connectivity index (χ1) is 17.9. The standard InChI is InChI=1S/C30H31NO6/c1-3-37-27(33)16-26(32)21-13-20-14-22(36-2)10-12-23(20)29-28(18-7-5-4-6-8-18)24-11-9-19(30(34)35)15-25(24)31(29)17-21/h9-15,18H,3-8,16-17H2,1-2H3,(H,34,35). The molecule has 1 saturated carbocycles. The zero-order valence-corrected chi connectivity index (χ0v) is 21.2. The Kier molecular flexibility index (Phi) is 6.87. The van der Waals surface area contributed by atoms with Crippen molar-refractivity contribution in [2.75, 3.05) is 13.7 Å². The molecule has 0 amide bonds.